The molecule has 0 unspecified atom stereocenters. The number of rotatable bonds is 5. The van der Waals surface area contributed by atoms with E-state index in [4.69, 9.17) is 4.98 Å². The molecule has 0 saturated heterocycles. The van der Waals surface area contributed by atoms with E-state index in [-0.39, 0.29) is 5.91 Å². The number of aromatic nitrogens is 5. The lowest BCUT2D eigenvalue weighted by molar-refractivity contribution is 0.0963. The highest BCUT2D eigenvalue weighted by atomic mass is 16.1. The normalized spacial score (nSPS) is 10.9. The van der Waals surface area contributed by atoms with Gasteiger partial charge in [-0.15, -0.1) is 10.2 Å². The molecule has 0 fully saturated rings. The van der Waals surface area contributed by atoms with E-state index < -0.39 is 0 Å². The van der Waals surface area contributed by atoms with Gasteiger partial charge in [0.25, 0.3) is 5.91 Å². The van der Waals surface area contributed by atoms with Crippen molar-refractivity contribution in [3.63, 3.8) is 0 Å². The number of fused-ring (bicyclic) bond motifs is 1. The van der Waals surface area contributed by atoms with Crippen molar-refractivity contribution in [2.75, 3.05) is 7.05 Å². The molecule has 0 spiro atoms. The van der Waals surface area contributed by atoms with Crippen molar-refractivity contribution in [3.05, 3.63) is 96.2 Å². The van der Waals surface area contributed by atoms with Crippen molar-refractivity contribution in [1.29, 1.82) is 0 Å². The van der Waals surface area contributed by atoms with Crippen molar-refractivity contribution < 1.29 is 4.79 Å². The van der Waals surface area contributed by atoms with Crippen molar-refractivity contribution in [3.8, 4) is 22.5 Å². The highest BCUT2D eigenvalue weighted by molar-refractivity contribution is 5.94. The largest absolute Gasteiger partial charge is 0.360 e. The van der Waals surface area contributed by atoms with Crippen molar-refractivity contribution in [2.24, 2.45) is 0 Å². The molecule has 0 saturated carbocycles. The molecule has 5 rings (SSSR count). The van der Waals surface area contributed by atoms with E-state index in [1.807, 2.05) is 54.7 Å². The summed E-state index contributed by atoms with van der Waals surface area (Å²) in [7, 11) is 1.61. The quantitative estimate of drug-likeness (QED) is 0.447. The summed E-state index contributed by atoms with van der Waals surface area (Å²) in [6.45, 7) is 0. The average Bonchev–Trinajstić information content (AvgIpc) is 3.27. The van der Waals surface area contributed by atoms with Crippen molar-refractivity contribution >= 4 is 16.8 Å². The molecule has 7 nitrogen and oxygen atoms in total. The van der Waals surface area contributed by atoms with E-state index >= 15 is 0 Å². The lowest BCUT2D eigenvalue weighted by Gasteiger charge is -2.10. The molecular formula is C25H20N6O. The van der Waals surface area contributed by atoms with E-state index in [1.165, 1.54) is 0 Å². The summed E-state index contributed by atoms with van der Waals surface area (Å²) in [4.78, 5) is 24.2. The molecule has 156 valence electrons. The topological polar surface area (TPSA) is 96.5 Å². The Balaban J connectivity index is 1.56. The number of hydrogen-bond acceptors (Lipinski definition) is 5. The molecule has 5 aromatic rings. The molecule has 0 bridgehead atoms. The Hall–Kier alpha value is -4.39. The first kappa shape index (κ1) is 19.6. The molecule has 0 atom stereocenters. The molecule has 7 heteroatoms. The maximum absolute atomic E-state index is 11.9. The Morgan fingerprint density at radius 2 is 1.72 bits per heavy atom. The van der Waals surface area contributed by atoms with Gasteiger partial charge in [-0.1, -0.05) is 42.5 Å². The summed E-state index contributed by atoms with van der Waals surface area (Å²) in [6.07, 6.45) is 6.09. The minimum Gasteiger partial charge on any atom is -0.360 e. The molecule has 2 aromatic carbocycles. The third-order valence-electron chi connectivity index (χ3n) is 5.34. The minimum absolute atomic E-state index is 0.131. The summed E-state index contributed by atoms with van der Waals surface area (Å²) in [6, 6.07) is 19.2. The van der Waals surface area contributed by atoms with Gasteiger partial charge in [0, 0.05) is 47.9 Å². The van der Waals surface area contributed by atoms with Gasteiger partial charge >= 0.3 is 0 Å². The van der Waals surface area contributed by atoms with Gasteiger partial charge in [-0.05, 0) is 23.8 Å². The smallest absolute Gasteiger partial charge is 0.251 e. The molecule has 0 aliphatic carbocycles. The number of nitrogens with one attached hydrogen (secondary N) is 2. The minimum atomic E-state index is -0.131. The number of pyridine rings is 1. The first-order chi connectivity index (χ1) is 15.7. The lowest BCUT2D eigenvalue weighted by Crippen LogP contribution is -2.17. The Bertz CT molecular complexity index is 1390. The highest BCUT2D eigenvalue weighted by Gasteiger charge is 2.15. The van der Waals surface area contributed by atoms with E-state index in [1.54, 1.807) is 31.6 Å². The second kappa shape index (κ2) is 8.39. The van der Waals surface area contributed by atoms with E-state index in [0.717, 1.165) is 33.3 Å². The summed E-state index contributed by atoms with van der Waals surface area (Å²) in [5, 5.41) is 12.7. The zero-order valence-corrected chi connectivity index (χ0v) is 17.4. The monoisotopic (exact) mass is 420 g/mol. The molecule has 0 radical (unpaired) electrons. The van der Waals surface area contributed by atoms with Crippen molar-refractivity contribution in [1.82, 2.24) is 30.5 Å². The first-order valence-corrected chi connectivity index (χ1v) is 10.2. The van der Waals surface area contributed by atoms with Gasteiger partial charge in [-0.2, -0.15) is 0 Å². The van der Waals surface area contributed by atoms with Gasteiger partial charge in [0.05, 0.1) is 11.7 Å². The third-order valence-corrected chi connectivity index (χ3v) is 5.34. The predicted molar refractivity (Wildman–Crippen MR) is 123 cm³/mol. The van der Waals surface area contributed by atoms with E-state index in [9.17, 15) is 4.79 Å². The van der Waals surface area contributed by atoms with Crippen LogP contribution >= 0.6 is 0 Å². The summed E-state index contributed by atoms with van der Waals surface area (Å²) < 4.78 is 0. The van der Waals surface area contributed by atoms with Crippen LogP contribution in [0.25, 0.3) is 33.4 Å². The molecule has 2 N–H and O–H groups in total. The molecule has 3 aromatic heterocycles. The maximum atomic E-state index is 11.9. The standard InChI is InChI=1S/C25H20N6O/c1-26-25(32)18-9-7-17(8-10-18)24-23(16-5-3-2-4-6-16)29-22(30-31-24)13-19-14-28-21-15-27-12-11-20(19)21/h2-12,14-15,28H,13H2,1H3,(H,26,32). The van der Waals surface area contributed by atoms with Crippen LogP contribution in [0.1, 0.15) is 21.7 Å². The predicted octanol–water partition coefficient (Wildman–Crippen LogP) is 4.03. The number of hydrogen-bond donors (Lipinski definition) is 2. The number of aromatic amines is 1. The fraction of sp³-hybridized carbons (Fsp3) is 0.0800. The number of carbonyl (C=O) groups excluding carboxylic acids is 1. The second-order valence-electron chi connectivity index (χ2n) is 7.36. The Morgan fingerprint density at radius 3 is 2.50 bits per heavy atom. The van der Waals surface area contributed by atoms with Gasteiger partial charge in [0.1, 0.15) is 11.4 Å². The Kier molecular flexibility index (Phi) is 5.13. The molecule has 32 heavy (non-hydrogen) atoms. The number of H-pyrrole nitrogens is 1. The zero-order chi connectivity index (χ0) is 21.9. The molecular weight excluding hydrogens is 400 g/mol. The van der Waals surface area contributed by atoms with Crippen LogP contribution in [-0.4, -0.2) is 38.1 Å². The Morgan fingerprint density at radius 1 is 0.938 bits per heavy atom. The van der Waals surface area contributed by atoms with Crippen LogP contribution < -0.4 is 5.32 Å². The molecule has 0 aliphatic heterocycles. The summed E-state index contributed by atoms with van der Waals surface area (Å²) in [5.41, 5.74) is 5.89. The van der Waals surface area contributed by atoms with E-state index in [2.05, 4.69) is 25.5 Å². The zero-order valence-electron chi connectivity index (χ0n) is 17.4. The molecule has 1 amide bonds. The van der Waals surface area contributed by atoms with Crippen molar-refractivity contribution in [2.45, 2.75) is 6.42 Å². The summed E-state index contributed by atoms with van der Waals surface area (Å²) in [5.74, 6) is 0.501. The van der Waals surface area contributed by atoms with Gasteiger partial charge in [0.15, 0.2) is 5.82 Å². The van der Waals surface area contributed by atoms with Crippen LogP contribution in [0.15, 0.2) is 79.3 Å². The fourth-order valence-corrected chi connectivity index (χ4v) is 3.70. The SMILES string of the molecule is CNC(=O)c1ccc(-c2nnc(Cc3c[nH]c4cnccc34)nc2-c2ccccc2)cc1. The van der Waals surface area contributed by atoms with Crippen LogP contribution in [0.4, 0.5) is 0 Å². The molecule has 0 aliphatic rings. The number of benzene rings is 2. The average molecular weight is 420 g/mol. The van der Waals surface area contributed by atoms with Gasteiger partial charge in [0.2, 0.25) is 0 Å². The van der Waals surface area contributed by atoms with Crippen LogP contribution in [0.2, 0.25) is 0 Å². The number of carbonyl (C=O) groups is 1. The Labute approximate surface area is 184 Å². The maximum Gasteiger partial charge on any atom is 0.251 e. The van der Waals surface area contributed by atoms with Gasteiger partial charge < -0.3 is 10.3 Å². The number of amides is 1. The summed E-state index contributed by atoms with van der Waals surface area (Å²) >= 11 is 0. The van der Waals surface area contributed by atoms with Gasteiger partial charge in [-0.3, -0.25) is 9.78 Å². The van der Waals surface area contributed by atoms with Crippen LogP contribution in [0, 0.1) is 0 Å². The van der Waals surface area contributed by atoms with E-state index in [0.29, 0.717) is 23.5 Å². The lowest BCUT2D eigenvalue weighted by atomic mass is 10.0. The van der Waals surface area contributed by atoms with Crippen LogP contribution in [0.3, 0.4) is 0 Å². The first-order valence-electron chi connectivity index (χ1n) is 10.2. The highest BCUT2D eigenvalue weighted by Crippen LogP contribution is 2.29. The second-order valence-corrected chi connectivity index (χ2v) is 7.36. The molecule has 3 heterocycles. The van der Waals surface area contributed by atoms with Crippen LogP contribution in [0.5, 0.6) is 0 Å². The van der Waals surface area contributed by atoms with Gasteiger partial charge in [-0.25, -0.2) is 4.98 Å². The number of nitrogens with zero attached hydrogens (tertiary/aromatic N) is 4. The van der Waals surface area contributed by atoms with Crippen LogP contribution in [-0.2, 0) is 6.42 Å². The third kappa shape index (κ3) is 3.72. The fourth-order valence-electron chi connectivity index (χ4n) is 3.70.